The molecule has 2 N–H and O–H groups in total. The van der Waals surface area contributed by atoms with E-state index < -0.39 is 0 Å². The summed E-state index contributed by atoms with van der Waals surface area (Å²) in [4.78, 5) is 12.4. The molecule has 5 nitrogen and oxygen atoms in total. The van der Waals surface area contributed by atoms with Crippen LogP contribution in [0.2, 0.25) is 0 Å². The zero-order valence-corrected chi connectivity index (χ0v) is 12.1. The lowest BCUT2D eigenvalue weighted by Gasteiger charge is -2.19. The third kappa shape index (κ3) is 2.57. The first-order valence-corrected chi connectivity index (χ1v) is 7.54. The van der Waals surface area contributed by atoms with E-state index in [1.807, 2.05) is 19.1 Å². The molecule has 1 amide bonds. The van der Waals surface area contributed by atoms with Crippen molar-refractivity contribution in [2.45, 2.75) is 26.3 Å². The molecule has 1 aliphatic rings. The van der Waals surface area contributed by atoms with Gasteiger partial charge < -0.3 is 5.32 Å². The normalized spacial score (nSPS) is 13.8. The Bertz CT molecular complexity index is 638. The second-order valence-electron chi connectivity index (χ2n) is 4.68. The van der Waals surface area contributed by atoms with Gasteiger partial charge in [-0.1, -0.05) is 30.4 Å². The molecular weight excluding hydrogens is 272 g/mol. The second-order valence-corrected chi connectivity index (χ2v) is 5.74. The van der Waals surface area contributed by atoms with Crippen molar-refractivity contribution in [3.63, 3.8) is 0 Å². The van der Waals surface area contributed by atoms with Crippen LogP contribution in [0.15, 0.2) is 18.2 Å². The third-order valence-electron chi connectivity index (χ3n) is 3.37. The number of amides is 1. The molecule has 2 aromatic rings. The minimum Gasteiger partial charge on any atom is -0.312 e. The van der Waals surface area contributed by atoms with E-state index in [1.54, 1.807) is 0 Å². The van der Waals surface area contributed by atoms with Crippen molar-refractivity contribution in [2.75, 3.05) is 11.9 Å². The first kappa shape index (κ1) is 13.2. The lowest BCUT2D eigenvalue weighted by atomic mass is 9.95. The lowest BCUT2D eigenvalue weighted by Crippen LogP contribution is -2.26. The number of carbonyl (C=O) groups is 1. The van der Waals surface area contributed by atoms with Crippen LogP contribution in [0.25, 0.3) is 0 Å². The van der Waals surface area contributed by atoms with Crippen LogP contribution in [0.4, 0.5) is 5.13 Å². The van der Waals surface area contributed by atoms with E-state index in [9.17, 15) is 4.79 Å². The van der Waals surface area contributed by atoms with Crippen molar-refractivity contribution in [3.8, 4) is 0 Å². The second kappa shape index (κ2) is 5.68. The van der Waals surface area contributed by atoms with Crippen LogP contribution < -0.4 is 10.6 Å². The molecule has 0 aliphatic carbocycles. The topological polar surface area (TPSA) is 66.9 Å². The first-order valence-electron chi connectivity index (χ1n) is 6.73. The molecule has 6 heteroatoms. The molecule has 20 heavy (non-hydrogen) atoms. The molecule has 0 radical (unpaired) electrons. The highest BCUT2D eigenvalue weighted by Gasteiger charge is 2.18. The minimum atomic E-state index is -0.0949. The van der Waals surface area contributed by atoms with Crippen LogP contribution in [0.3, 0.4) is 0 Å². The maximum atomic E-state index is 12.4. The van der Waals surface area contributed by atoms with E-state index in [0.29, 0.717) is 5.13 Å². The van der Waals surface area contributed by atoms with Crippen molar-refractivity contribution >= 4 is 22.4 Å². The number of nitrogens with zero attached hydrogens (tertiary/aromatic N) is 2. The molecule has 1 aromatic heterocycles. The SMILES string of the molecule is CCc1nnc(NC(=O)c2cccc3c2CCNC3)s1. The number of nitrogens with one attached hydrogen (secondary N) is 2. The summed E-state index contributed by atoms with van der Waals surface area (Å²) in [5, 5.41) is 15.7. The molecule has 0 saturated carbocycles. The fraction of sp³-hybridized carbons (Fsp3) is 0.357. The summed E-state index contributed by atoms with van der Waals surface area (Å²) in [6, 6.07) is 5.87. The summed E-state index contributed by atoms with van der Waals surface area (Å²) in [5.41, 5.74) is 3.09. The largest absolute Gasteiger partial charge is 0.312 e. The van der Waals surface area contributed by atoms with E-state index in [2.05, 4.69) is 26.9 Å². The molecule has 0 fully saturated rings. The van der Waals surface area contributed by atoms with E-state index in [1.165, 1.54) is 16.9 Å². The van der Waals surface area contributed by atoms with Crippen LogP contribution in [0.1, 0.15) is 33.4 Å². The Kier molecular flexibility index (Phi) is 3.75. The molecule has 0 spiro atoms. The summed E-state index contributed by atoms with van der Waals surface area (Å²) in [6.45, 7) is 3.76. The van der Waals surface area contributed by atoms with E-state index >= 15 is 0 Å². The molecule has 104 valence electrons. The van der Waals surface area contributed by atoms with Gasteiger partial charge in [-0.3, -0.25) is 10.1 Å². The zero-order chi connectivity index (χ0) is 13.9. The van der Waals surface area contributed by atoms with Crippen molar-refractivity contribution in [2.24, 2.45) is 0 Å². The Morgan fingerprint density at radius 2 is 2.35 bits per heavy atom. The quantitative estimate of drug-likeness (QED) is 0.906. The van der Waals surface area contributed by atoms with Gasteiger partial charge in [-0.2, -0.15) is 0 Å². The summed E-state index contributed by atoms with van der Waals surface area (Å²) in [6.07, 6.45) is 1.72. The van der Waals surface area contributed by atoms with Gasteiger partial charge in [0.15, 0.2) is 0 Å². The van der Waals surface area contributed by atoms with Gasteiger partial charge >= 0.3 is 0 Å². The molecule has 0 bridgehead atoms. The summed E-state index contributed by atoms with van der Waals surface area (Å²) < 4.78 is 0. The number of anilines is 1. The van der Waals surface area contributed by atoms with Gasteiger partial charge in [0.1, 0.15) is 5.01 Å². The summed E-state index contributed by atoms with van der Waals surface area (Å²) in [5.74, 6) is -0.0949. The van der Waals surface area contributed by atoms with Crippen LogP contribution in [-0.2, 0) is 19.4 Å². The van der Waals surface area contributed by atoms with Crippen LogP contribution >= 0.6 is 11.3 Å². The molecular formula is C14H16N4OS. The van der Waals surface area contributed by atoms with Gasteiger partial charge in [-0.05, 0) is 36.6 Å². The van der Waals surface area contributed by atoms with Gasteiger partial charge in [0, 0.05) is 12.1 Å². The molecule has 3 rings (SSSR count). The minimum absolute atomic E-state index is 0.0949. The number of aryl methyl sites for hydroxylation is 1. The standard InChI is InChI=1S/C14H16N4OS/c1-2-12-17-18-14(20-12)16-13(19)11-5-3-4-9-8-15-7-6-10(9)11/h3-5,15H,2,6-8H2,1H3,(H,16,18,19). The zero-order valence-electron chi connectivity index (χ0n) is 11.3. The van der Waals surface area contributed by atoms with Gasteiger partial charge in [-0.15, -0.1) is 10.2 Å². The van der Waals surface area contributed by atoms with E-state index in [0.717, 1.165) is 42.1 Å². The number of hydrogen-bond acceptors (Lipinski definition) is 5. The Labute approximate surface area is 121 Å². The number of hydrogen-bond donors (Lipinski definition) is 2. The Morgan fingerprint density at radius 1 is 1.45 bits per heavy atom. The fourth-order valence-corrected chi connectivity index (χ4v) is 3.03. The smallest absolute Gasteiger partial charge is 0.257 e. The average Bonchev–Trinajstić information content (AvgIpc) is 2.94. The van der Waals surface area contributed by atoms with Crippen LogP contribution in [-0.4, -0.2) is 22.6 Å². The Morgan fingerprint density at radius 3 is 3.15 bits per heavy atom. The van der Waals surface area contributed by atoms with Crippen molar-refractivity contribution in [3.05, 3.63) is 39.9 Å². The lowest BCUT2D eigenvalue weighted by molar-refractivity contribution is 0.102. The third-order valence-corrected chi connectivity index (χ3v) is 4.36. The van der Waals surface area contributed by atoms with Gasteiger partial charge in [-0.25, -0.2) is 0 Å². The highest BCUT2D eigenvalue weighted by atomic mass is 32.1. The van der Waals surface area contributed by atoms with Crippen molar-refractivity contribution in [1.29, 1.82) is 0 Å². The van der Waals surface area contributed by atoms with E-state index in [-0.39, 0.29) is 5.91 Å². The highest BCUT2D eigenvalue weighted by molar-refractivity contribution is 7.15. The maximum absolute atomic E-state index is 12.4. The fourth-order valence-electron chi connectivity index (χ4n) is 2.36. The molecule has 0 atom stereocenters. The maximum Gasteiger partial charge on any atom is 0.257 e. The molecule has 2 heterocycles. The van der Waals surface area contributed by atoms with Gasteiger partial charge in [0.2, 0.25) is 5.13 Å². The number of carbonyl (C=O) groups excluding carboxylic acids is 1. The Hall–Kier alpha value is -1.79. The summed E-state index contributed by atoms with van der Waals surface area (Å²) >= 11 is 1.43. The van der Waals surface area contributed by atoms with Crippen molar-refractivity contribution < 1.29 is 4.79 Å². The first-order chi connectivity index (χ1) is 9.78. The predicted octanol–water partition coefficient (Wildman–Crippen LogP) is 2.00. The van der Waals surface area contributed by atoms with Gasteiger partial charge in [0.05, 0.1) is 0 Å². The number of fused-ring (bicyclic) bond motifs is 1. The number of benzene rings is 1. The molecule has 0 saturated heterocycles. The molecule has 1 aromatic carbocycles. The van der Waals surface area contributed by atoms with Crippen LogP contribution in [0, 0.1) is 0 Å². The monoisotopic (exact) mass is 288 g/mol. The number of rotatable bonds is 3. The highest BCUT2D eigenvalue weighted by Crippen LogP contribution is 2.21. The average molecular weight is 288 g/mol. The van der Waals surface area contributed by atoms with E-state index in [4.69, 9.17) is 0 Å². The number of aromatic nitrogens is 2. The molecule has 0 unspecified atom stereocenters. The van der Waals surface area contributed by atoms with Crippen LogP contribution in [0.5, 0.6) is 0 Å². The van der Waals surface area contributed by atoms with Gasteiger partial charge in [0.25, 0.3) is 5.91 Å². The molecule has 1 aliphatic heterocycles. The predicted molar refractivity (Wildman–Crippen MR) is 79.1 cm³/mol. The van der Waals surface area contributed by atoms with Crippen molar-refractivity contribution in [1.82, 2.24) is 15.5 Å². The summed E-state index contributed by atoms with van der Waals surface area (Å²) in [7, 11) is 0. The Balaban J connectivity index is 1.83.